The molecule has 4 nitrogen and oxygen atoms in total. The van der Waals surface area contributed by atoms with Gasteiger partial charge < -0.3 is 9.80 Å². The van der Waals surface area contributed by atoms with Crippen molar-refractivity contribution >= 4 is 17.5 Å². The van der Waals surface area contributed by atoms with Gasteiger partial charge in [-0.05, 0) is 19.1 Å². The Hall–Kier alpha value is -2.10. The Kier molecular flexibility index (Phi) is 5.79. The summed E-state index contributed by atoms with van der Waals surface area (Å²) in [4.78, 5) is 26.8. The molecule has 2 amide bonds. The normalized spacial score (nSPS) is 9.79. The van der Waals surface area contributed by atoms with Crippen LogP contribution in [0.2, 0.25) is 0 Å². The van der Waals surface area contributed by atoms with E-state index >= 15 is 0 Å². The van der Waals surface area contributed by atoms with Crippen LogP contribution >= 0.6 is 0 Å². The maximum absolute atomic E-state index is 12.3. The van der Waals surface area contributed by atoms with Crippen LogP contribution in [0.1, 0.15) is 13.8 Å². The van der Waals surface area contributed by atoms with Gasteiger partial charge in [-0.3, -0.25) is 9.59 Å². The van der Waals surface area contributed by atoms with Crippen LogP contribution in [0.25, 0.3) is 0 Å². The zero-order valence-corrected chi connectivity index (χ0v) is 11.5. The molecule has 0 unspecified atom stereocenters. The van der Waals surface area contributed by atoms with E-state index in [1.165, 1.54) is 11.8 Å². The van der Waals surface area contributed by atoms with Crippen LogP contribution in [-0.4, -0.2) is 36.3 Å². The first-order valence-corrected chi connectivity index (χ1v) is 6.32. The van der Waals surface area contributed by atoms with Crippen LogP contribution in [-0.2, 0) is 9.59 Å². The Morgan fingerprint density at radius 2 is 1.89 bits per heavy atom. The average molecular weight is 260 g/mol. The van der Waals surface area contributed by atoms with Crippen LogP contribution in [0, 0.1) is 0 Å². The van der Waals surface area contributed by atoms with Crippen LogP contribution in [0.4, 0.5) is 5.69 Å². The number of nitrogens with zero attached hydrogens (tertiary/aromatic N) is 2. The molecule has 0 aromatic heterocycles. The van der Waals surface area contributed by atoms with E-state index in [4.69, 9.17) is 0 Å². The third-order valence-corrected chi connectivity index (χ3v) is 2.81. The van der Waals surface area contributed by atoms with Crippen molar-refractivity contribution < 1.29 is 9.59 Å². The highest BCUT2D eigenvalue weighted by Crippen LogP contribution is 2.13. The number of rotatable bonds is 6. The Balaban J connectivity index is 2.79. The molecule has 102 valence electrons. The third-order valence-electron chi connectivity index (χ3n) is 2.81. The number of para-hydroxylation sites is 1. The van der Waals surface area contributed by atoms with Crippen LogP contribution in [0.15, 0.2) is 43.0 Å². The fourth-order valence-electron chi connectivity index (χ4n) is 1.82. The molecular formula is C15H20N2O2. The largest absolute Gasteiger partial charge is 0.330 e. The predicted octanol–water partition coefficient (Wildman–Crippen LogP) is 2.07. The van der Waals surface area contributed by atoms with Gasteiger partial charge in [0, 0.05) is 25.7 Å². The number of carbonyl (C=O) groups is 2. The summed E-state index contributed by atoms with van der Waals surface area (Å²) in [5.74, 6) is -0.219. The molecule has 0 aliphatic rings. The highest BCUT2D eigenvalue weighted by molar-refractivity contribution is 5.96. The molecule has 0 spiro atoms. The summed E-state index contributed by atoms with van der Waals surface area (Å²) in [7, 11) is 0. The van der Waals surface area contributed by atoms with Gasteiger partial charge in [0.25, 0.3) is 0 Å². The Bertz CT molecular complexity index is 443. The van der Waals surface area contributed by atoms with Crippen LogP contribution in [0.3, 0.4) is 0 Å². The molecule has 19 heavy (non-hydrogen) atoms. The lowest BCUT2D eigenvalue weighted by Gasteiger charge is -2.25. The summed E-state index contributed by atoms with van der Waals surface area (Å²) in [5.41, 5.74) is 0.845. The van der Waals surface area contributed by atoms with Gasteiger partial charge in [0.15, 0.2) is 0 Å². The van der Waals surface area contributed by atoms with Crippen molar-refractivity contribution in [2.75, 3.05) is 24.5 Å². The number of hydrogen-bond donors (Lipinski definition) is 0. The molecule has 4 heteroatoms. The van der Waals surface area contributed by atoms with Gasteiger partial charge in [-0.15, -0.1) is 6.58 Å². The first-order chi connectivity index (χ1) is 9.10. The van der Waals surface area contributed by atoms with Gasteiger partial charge in [0.1, 0.15) is 6.54 Å². The molecule has 0 fully saturated rings. The SMILES string of the molecule is C=CCN(CC(=O)N(CC)c1ccccc1)C(C)=O. The van der Waals surface area contributed by atoms with Gasteiger partial charge >= 0.3 is 0 Å². The summed E-state index contributed by atoms with van der Waals surface area (Å²) in [6.07, 6.45) is 1.62. The zero-order chi connectivity index (χ0) is 14.3. The second-order valence-corrected chi connectivity index (χ2v) is 4.16. The molecule has 0 aliphatic heterocycles. The second kappa shape index (κ2) is 7.36. The fraction of sp³-hybridized carbons (Fsp3) is 0.333. The number of anilines is 1. The van der Waals surface area contributed by atoms with E-state index in [0.29, 0.717) is 13.1 Å². The van der Waals surface area contributed by atoms with E-state index in [1.807, 2.05) is 37.3 Å². The quantitative estimate of drug-likeness (QED) is 0.735. The Morgan fingerprint density at radius 1 is 1.26 bits per heavy atom. The molecule has 1 aromatic rings. The summed E-state index contributed by atoms with van der Waals surface area (Å²) in [6, 6.07) is 9.44. The zero-order valence-electron chi connectivity index (χ0n) is 11.5. The second-order valence-electron chi connectivity index (χ2n) is 4.16. The lowest BCUT2D eigenvalue weighted by atomic mass is 10.2. The van der Waals surface area contributed by atoms with Crippen molar-refractivity contribution in [2.45, 2.75) is 13.8 Å². The summed E-state index contributed by atoms with van der Waals surface area (Å²) < 4.78 is 0. The van der Waals surface area contributed by atoms with Crippen LogP contribution in [0.5, 0.6) is 0 Å². The van der Waals surface area contributed by atoms with E-state index in [2.05, 4.69) is 6.58 Å². The van der Waals surface area contributed by atoms with Crippen molar-refractivity contribution in [1.82, 2.24) is 4.90 Å². The van der Waals surface area contributed by atoms with Gasteiger partial charge in [0.05, 0.1) is 0 Å². The molecule has 0 aliphatic carbocycles. The maximum atomic E-state index is 12.3. The summed E-state index contributed by atoms with van der Waals surface area (Å²) in [6.45, 7) is 7.99. The topological polar surface area (TPSA) is 40.6 Å². The molecule has 1 rings (SSSR count). The van der Waals surface area contributed by atoms with Crippen molar-refractivity contribution in [3.63, 3.8) is 0 Å². The lowest BCUT2D eigenvalue weighted by molar-refractivity contribution is -0.132. The Labute approximate surface area is 114 Å². The molecule has 0 saturated carbocycles. The van der Waals surface area contributed by atoms with Crippen molar-refractivity contribution in [3.05, 3.63) is 43.0 Å². The molecule has 0 saturated heterocycles. The standard InChI is InChI=1S/C15H20N2O2/c1-4-11-16(13(3)18)12-15(19)17(5-2)14-9-7-6-8-10-14/h4,6-10H,1,5,11-12H2,2-3H3. The maximum Gasteiger partial charge on any atom is 0.246 e. The fourth-order valence-corrected chi connectivity index (χ4v) is 1.82. The first kappa shape index (κ1) is 15.0. The average Bonchev–Trinajstić information content (AvgIpc) is 2.40. The molecule has 0 atom stereocenters. The van der Waals surface area contributed by atoms with E-state index in [9.17, 15) is 9.59 Å². The smallest absolute Gasteiger partial charge is 0.246 e. The van der Waals surface area contributed by atoms with Gasteiger partial charge in [-0.25, -0.2) is 0 Å². The minimum Gasteiger partial charge on any atom is -0.330 e. The van der Waals surface area contributed by atoms with Crippen molar-refractivity contribution in [1.29, 1.82) is 0 Å². The van der Waals surface area contributed by atoms with E-state index in [-0.39, 0.29) is 18.4 Å². The molecule has 0 heterocycles. The monoisotopic (exact) mass is 260 g/mol. The third kappa shape index (κ3) is 4.25. The number of hydrogen-bond acceptors (Lipinski definition) is 2. The molecule has 0 N–H and O–H groups in total. The van der Waals surface area contributed by atoms with E-state index < -0.39 is 0 Å². The lowest BCUT2D eigenvalue weighted by Crippen LogP contribution is -2.42. The van der Waals surface area contributed by atoms with Crippen molar-refractivity contribution in [2.24, 2.45) is 0 Å². The van der Waals surface area contributed by atoms with Gasteiger partial charge in [-0.2, -0.15) is 0 Å². The number of amides is 2. The predicted molar refractivity (Wildman–Crippen MR) is 76.9 cm³/mol. The molecule has 0 bridgehead atoms. The summed E-state index contributed by atoms with van der Waals surface area (Å²) in [5, 5.41) is 0. The number of likely N-dealkylation sites (N-methyl/N-ethyl adjacent to an activating group) is 1. The first-order valence-electron chi connectivity index (χ1n) is 6.32. The number of benzene rings is 1. The minimum atomic E-state index is -0.127. The Morgan fingerprint density at radius 3 is 2.37 bits per heavy atom. The number of carbonyl (C=O) groups excluding carboxylic acids is 2. The van der Waals surface area contributed by atoms with Crippen molar-refractivity contribution in [3.8, 4) is 0 Å². The van der Waals surface area contributed by atoms with E-state index in [1.54, 1.807) is 11.0 Å². The minimum absolute atomic E-state index is 0.0735. The molecule has 1 aromatic carbocycles. The molecular weight excluding hydrogens is 240 g/mol. The van der Waals surface area contributed by atoms with E-state index in [0.717, 1.165) is 5.69 Å². The highest BCUT2D eigenvalue weighted by Gasteiger charge is 2.18. The van der Waals surface area contributed by atoms with Crippen LogP contribution < -0.4 is 4.90 Å². The van der Waals surface area contributed by atoms with Gasteiger partial charge in [0.2, 0.25) is 11.8 Å². The van der Waals surface area contributed by atoms with Gasteiger partial charge in [-0.1, -0.05) is 24.3 Å². The summed E-state index contributed by atoms with van der Waals surface area (Å²) >= 11 is 0. The molecule has 0 radical (unpaired) electrons. The highest BCUT2D eigenvalue weighted by atomic mass is 16.2.